The summed E-state index contributed by atoms with van der Waals surface area (Å²) in [6.45, 7) is 0.339. The van der Waals surface area contributed by atoms with Crippen LogP contribution in [0, 0.1) is 0 Å². The van der Waals surface area contributed by atoms with Crippen LogP contribution in [0.3, 0.4) is 0 Å². The summed E-state index contributed by atoms with van der Waals surface area (Å²) in [4.78, 5) is 10.9. The van der Waals surface area contributed by atoms with Gasteiger partial charge in [-0.15, -0.1) is 5.10 Å². The van der Waals surface area contributed by atoms with Crippen LogP contribution in [-0.2, 0) is 4.74 Å². The van der Waals surface area contributed by atoms with E-state index in [0.717, 1.165) is 0 Å². The number of hydrogen-bond acceptors (Lipinski definition) is 4. The molecule has 6 heteroatoms. The topological polar surface area (TPSA) is 67.9 Å². The molecule has 0 atom stereocenters. The molecule has 5 nitrogen and oxygen atoms in total. The molecule has 0 radical (unpaired) electrons. The van der Waals surface area contributed by atoms with Crippen molar-refractivity contribution in [1.82, 2.24) is 15.4 Å². The zero-order valence-electron chi connectivity index (χ0n) is 5.58. The van der Waals surface area contributed by atoms with Crippen LogP contribution in [0.25, 0.3) is 0 Å². The highest BCUT2D eigenvalue weighted by Gasteiger charge is 2.08. The van der Waals surface area contributed by atoms with E-state index in [1.54, 1.807) is 0 Å². The highest BCUT2D eigenvalue weighted by Crippen LogP contribution is 1.93. The van der Waals surface area contributed by atoms with Crippen molar-refractivity contribution < 1.29 is 9.53 Å². The van der Waals surface area contributed by atoms with Gasteiger partial charge in [-0.25, -0.2) is 4.79 Å². The van der Waals surface area contributed by atoms with Crippen molar-refractivity contribution in [1.29, 1.82) is 0 Å². The first-order chi connectivity index (χ1) is 5.34. The maximum Gasteiger partial charge on any atom is 0.360 e. The first-order valence-electron chi connectivity index (χ1n) is 2.93. The quantitative estimate of drug-likeness (QED) is 0.589. The molecular weight excluding hydrogens is 214 g/mol. The van der Waals surface area contributed by atoms with Crippen molar-refractivity contribution in [2.45, 2.75) is 0 Å². The van der Waals surface area contributed by atoms with E-state index in [4.69, 9.17) is 4.74 Å². The summed E-state index contributed by atoms with van der Waals surface area (Å²) in [6.07, 6.45) is 1.32. The van der Waals surface area contributed by atoms with Crippen molar-refractivity contribution >= 4 is 21.9 Å². The third-order valence-corrected chi connectivity index (χ3v) is 1.26. The molecule has 0 unspecified atom stereocenters. The third-order valence-electron chi connectivity index (χ3n) is 0.934. The number of ether oxygens (including phenoxy) is 1. The Morgan fingerprint density at radius 1 is 1.82 bits per heavy atom. The minimum Gasteiger partial charge on any atom is -0.460 e. The maximum atomic E-state index is 10.9. The number of alkyl halides is 1. The van der Waals surface area contributed by atoms with Gasteiger partial charge in [-0.3, -0.25) is 0 Å². The summed E-state index contributed by atoms with van der Waals surface area (Å²) in [5.74, 6) is -0.460. The van der Waals surface area contributed by atoms with Crippen LogP contribution in [0.15, 0.2) is 6.20 Å². The number of aromatic nitrogens is 3. The fraction of sp³-hybridized carbons (Fsp3) is 0.400. The van der Waals surface area contributed by atoms with Crippen LogP contribution >= 0.6 is 15.9 Å². The van der Waals surface area contributed by atoms with E-state index in [2.05, 4.69) is 31.3 Å². The normalized spacial score (nSPS) is 9.55. The van der Waals surface area contributed by atoms with Gasteiger partial charge in [-0.05, 0) is 0 Å². The number of H-pyrrole nitrogens is 1. The van der Waals surface area contributed by atoms with E-state index < -0.39 is 5.97 Å². The van der Waals surface area contributed by atoms with Crippen LogP contribution in [0.4, 0.5) is 0 Å². The first-order valence-corrected chi connectivity index (χ1v) is 4.05. The van der Waals surface area contributed by atoms with Crippen molar-refractivity contribution in [3.8, 4) is 0 Å². The summed E-state index contributed by atoms with van der Waals surface area (Å²) in [7, 11) is 0. The zero-order chi connectivity index (χ0) is 8.10. The monoisotopic (exact) mass is 219 g/mol. The molecule has 0 aliphatic rings. The van der Waals surface area contributed by atoms with Crippen LogP contribution in [-0.4, -0.2) is 33.3 Å². The number of halogens is 1. The molecule has 0 aliphatic heterocycles. The van der Waals surface area contributed by atoms with Crippen LogP contribution in [0.5, 0.6) is 0 Å². The van der Waals surface area contributed by atoms with Gasteiger partial charge in [-0.2, -0.15) is 10.3 Å². The molecule has 1 heterocycles. The minimum absolute atomic E-state index is 0.200. The molecule has 60 valence electrons. The Labute approximate surface area is 71.3 Å². The molecule has 0 aliphatic carbocycles. The summed E-state index contributed by atoms with van der Waals surface area (Å²) in [5.41, 5.74) is 0.200. The molecular formula is C5H6BrN3O2. The summed E-state index contributed by atoms with van der Waals surface area (Å²) in [6, 6.07) is 0. The van der Waals surface area contributed by atoms with Crippen molar-refractivity contribution in [3.63, 3.8) is 0 Å². The van der Waals surface area contributed by atoms with Crippen molar-refractivity contribution in [2.75, 3.05) is 11.9 Å². The van der Waals surface area contributed by atoms with Crippen LogP contribution in [0.2, 0.25) is 0 Å². The molecule has 1 N–H and O–H groups in total. The fourth-order valence-electron chi connectivity index (χ4n) is 0.505. The Balaban J connectivity index is 2.43. The van der Waals surface area contributed by atoms with Gasteiger partial charge in [0.2, 0.25) is 0 Å². The molecule has 0 fully saturated rings. The van der Waals surface area contributed by atoms with E-state index in [9.17, 15) is 4.79 Å². The molecule has 1 aromatic heterocycles. The summed E-state index contributed by atoms with van der Waals surface area (Å²) >= 11 is 3.12. The summed E-state index contributed by atoms with van der Waals surface area (Å²) < 4.78 is 4.73. The number of carbonyl (C=O) groups excluding carboxylic acids is 1. The molecule has 0 amide bonds. The number of esters is 1. The standard InChI is InChI=1S/C5H6BrN3O2/c6-1-2-11-5(10)4-3-7-9-8-4/h3H,1-2H2,(H,7,8,9). The predicted molar refractivity (Wildman–Crippen MR) is 40.5 cm³/mol. The molecule has 0 saturated carbocycles. The van der Waals surface area contributed by atoms with Gasteiger partial charge in [-0.1, -0.05) is 15.9 Å². The number of rotatable bonds is 3. The van der Waals surface area contributed by atoms with Crippen molar-refractivity contribution in [2.24, 2.45) is 0 Å². The van der Waals surface area contributed by atoms with E-state index in [1.165, 1.54) is 6.20 Å². The Hall–Kier alpha value is -0.910. The highest BCUT2D eigenvalue weighted by atomic mass is 79.9. The average Bonchev–Trinajstić information content (AvgIpc) is 2.52. The average molecular weight is 220 g/mol. The molecule has 0 bridgehead atoms. The van der Waals surface area contributed by atoms with E-state index in [0.29, 0.717) is 11.9 Å². The molecule has 0 spiro atoms. The fourth-order valence-corrected chi connectivity index (χ4v) is 0.667. The predicted octanol–water partition coefficient (Wildman–Crippen LogP) is 0.356. The van der Waals surface area contributed by atoms with Gasteiger partial charge in [0, 0.05) is 5.33 Å². The van der Waals surface area contributed by atoms with E-state index in [-0.39, 0.29) is 5.69 Å². The lowest BCUT2D eigenvalue weighted by Crippen LogP contribution is -2.07. The van der Waals surface area contributed by atoms with Gasteiger partial charge < -0.3 is 4.74 Å². The number of nitrogens with one attached hydrogen (secondary N) is 1. The molecule has 11 heavy (non-hydrogen) atoms. The number of aromatic amines is 1. The smallest absolute Gasteiger partial charge is 0.360 e. The van der Waals surface area contributed by atoms with E-state index in [1.807, 2.05) is 0 Å². The lowest BCUT2D eigenvalue weighted by atomic mass is 10.5. The molecule has 1 aromatic rings. The molecule has 1 rings (SSSR count). The second-order valence-electron chi connectivity index (χ2n) is 1.68. The third kappa shape index (κ3) is 2.30. The Morgan fingerprint density at radius 2 is 2.64 bits per heavy atom. The Kier molecular flexibility index (Phi) is 3.03. The lowest BCUT2D eigenvalue weighted by molar-refractivity contribution is 0.0524. The zero-order valence-corrected chi connectivity index (χ0v) is 7.17. The minimum atomic E-state index is -0.460. The largest absolute Gasteiger partial charge is 0.460 e. The number of nitrogens with zero attached hydrogens (tertiary/aromatic N) is 2. The highest BCUT2D eigenvalue weighted by molar-refractivity contribution is 9.09. The van der Waals surface area contributed by atoms with Crippen LogP contribution < -0.4 is 0 Å². The van der Waals surface area contributed by atoms with Crippen LogP contribution in [0.1, 0.15) is 10.5 Å². The lowest BCUT2D eigenvalue weighted by Gasteiger charge is -1.96. The van der Waals surface area contributed by atoms with Gasteiger partial charge in [0.05, 0.1) is 6.20 Å². The Bertz CT molecular complexity index is 224. The Morgan fingerprint density at radius 3 is 3.18 bits per heavy atom. The number of carbonyl (C=O) groups is 1. The summed E-state index contributed by atoms with van der Waals surface area (Å²) in [5, 5.41) is 9.94. The second-order valence-corrected chi connectivity index (χ2v) is 2.47. The van der Waals surface area contributed by atoms with Gasteiger partial charge in [0.25, 0.3) is 0 Å². The maximum absolute atomic E-state index is 10.9. The molecule has 0 saturated heterocycles. The second kappa shape index (κ2) is 4.07. The van der Waals surface area contributed by atoms with Gasteiger partial charge >= 0.3 is 5.97 Å². The first kappa shape index (κ1) is 8.19. The van der Waals surface area contributed by atoms with E-state index >= 15 is 0 Å². The SMILES string of the molecule is O=C(OCCBr)c1cn[nH]n1. The van der Waals surface area contributed by atoms with Gasteiger partial charge in [0.1, 0.15) is 6.61 Å². The van der Waals surface area contributed by atoms with Crippen molar-refractivity contribution in [3.05, 3.63) is 11.9 Å². The molecule has 0 aromatic carbocycles. The number of hydrogen-bond donors (Lipinski definition) is 1. The van der Waals surface area contributed by atoms with Gasteiger partial charge in [0.15, 0.2) is 5.69 Å².